The van der Waals surface area contributed by atoms with E-state index in [4.69, 9.17) is 0 Å². The smallest absolute Gasteiger partial charge is 0 e. The molecule has 0 aromatic heterocycles. The number of benzene rings is 2. The Kier molecular flexibility index (Phi) is 4.62. The van der Waals surface area contributed by atoms with Gasteiger partial charge in [0.05, 0.1) is 0 Å². The van der Waals surface area contributed by atoms with Gasteiger partial charge in [-0.2, -0.15) is 0 Å². The predicted molar refractivity (Wildman–Crippen MR) is 55.6 cm³/mol. The third kappa shape index (κ3) is 3.12. The third-order valence-electron chi connectivity index (χ3n) is 1.77. The molecule has 2 heteroatoms. The van der Waals surface area contributed by atoms with Crippen molar-refractivity contribution in [2.75, 3.05) is 0 Å². The van der Waals surface area contributed by atoms with Crippen LogP contribution in [-0.2, 0) is 26.2 Å². The van der Waals surface area contributed by atoms with Crippen LogP contribution in [0.2, 0.25) is 0 Å². The van der Waals surface area contributed by atoms with Crippen LogP contribution in [0.1, 0.15) is 0 Å². The Bertz CT molecular complexity index is 321. The predicted octanol–water partition coefficient (Wildman–Crippen LogP) is 4.02. The van der Waals surface area contributed by atoms with Crippen LogP contribution >= 0.6 is 0 Å². The van der Waals surface area contributed by atoms with Crippen molar-refractivity contribution in [3.63, 3.8) is 0 Å². The number of nitrogens with zero attached hydrogens (tertiary/aromatic N) is 1. The average Bonchev–Trinajstić information content (AvgIpc) is 2.21. The van der Waals surface area contributed by atoms with Crippen molar-refractivity contribution in [2.24, 2.45) is 0 Å². The van der Waals surface area contributed by atoms with Crippen molar-refractivity contribution in [1.82, 2.24) is 0 Å². The van der Waals surface area contributed by atoms with Crippen LogP contribution in [0.15, 0.2) is 60.7 Å². The van der Waals surface area contributed by atoms with Crippen LogP contribution in [0.3, 0.4) is 0 Å². The first-order valence-electron chi connectivity index (χ1n) is 4.27. The fourth-order valence-corrected chi connectivity index (χ4v) is 1.15. The molecule has 0 saturated carbocycles. The van der Waals surface area contributed by atoms with Gasteiger partial charge in [-0.05, 0) is 0 Å². The molecule has 0 aliphatic carbocycles. The van der Waals surface area contributed by atoms with Gasteiger partial charge in [0.1, 0.15) is 0 Å². The minimum atomic E-state index is 0. The van der Waals surface area contributed by atoms with Crippen molar-refractivity contribution >= 4 is 11.4 Å². The van der Waals surface area contributed by atoms with Crippen molar-refractivity contribution in [3.8, 4) is 0 Å². The fourth-order valence-electron chi connectivity index (χ4n) is 1.15. The maximum Gasteiger partial charge on any atom is 0 e. The summed E-state index contributed by atoms with van der Waals surface area (Å²) < 4.78 is 0. The summed E-state index contributed by atoms with van der Waals surface area (Å²) in [6.45, 7) is 0. The van der Waals surface area contributed by atoms with Gasteiger partial charge in [0.15, 0.2) is 0 Å². The molecule has 0 N–H and O–H groups in total. The molecule has 2 aromatic rings. The molecule has 0 atom stereocenters. The van der Waals surface area contributed by atoms with Crippen LogP contribution in [0, 0.1) is 0 Å². The molecular weight excluding hydrogens is 249 g/mol. The number of hydrogen-bond donors (Lipinski definition) is 0. The molecule has 0 spiro atoms. The average molecular weight is 259 g/mol. The van der Waals surface area contributed by atoms with Crippen LogP contribution < -0.4 is 0 Å². The SMILES string of the molecule is [Zr].c1ccc([N-]c2ccccc2)cc1. The van der Waals surface area contributed by atoms with E-state index in [9.17, 15) is 0 Å². The maximum atomic E-state index is 4.44. The van der Waals surface area contributed by atoms with Crippen molar-refractivity contribution in [3.05, 3.63) is 66.0 Å². The minimum Gasteiger partial charge on any atom is -0.658 e. The van der Waals surface area contributed by atoms with Crippen LogP contribution in [0.4, 0.5) is 11.4 Å². The van der Waals surface area contributed by atoms with Crippen LogP contribution in [-0.4, -0.2) is 0 Å². The van der Waals surface area contributed by atoms with E-state index < -0.39 is 0 Å². The standard InChI is InChI=1S/C12H10N.Zr/c1-3-7-11(8-4-1)13-12-9-5-2-6-10-12;/h1-10H;/q-1;. The molecule has 0 bridgehead atoms. The monoisotopic (exact) mass is 258 g/mol. The molecule has 0 aliphatic rings. The van der Waals surface area contributed by atoms with Crippen LogP contribution in [0.5, 0.6) is 0 Å². The Balaban J connectivity index is 0.000000980. The molecule has 14 heavy (non-hydrogen) atoms. The summed E-state index contributed by atoms with van der Waals surface area (Å²) in [7, 11) is 0. The summed E-state index contributed by atoms with van der Waals surface area (Å²) in [6.07, 6.45) is 0. The van der Waals surface area contributed by atoms with Gasteiger partial charge in [-0.1, -0.05) is 60.7 Å². The van der Waals surface area contributed by atoms with Gasteiger partial charge >= 0.3 is 0 Å². The summed E-state index contributed by atoms with van der Waals surface area (Å²) in [4.78, 5) is 0. The van der Waals surface area contributed by atoms with Gasteiger partial charge in [-0.25, -0.2) is 0 Å². The van der Waals surface area contributed by atoms with Gasteiger partial charge in [-0.15, -0.1) is 11.4 Å². The number of rotatable bonds is 2. The van der Waals surface area contributed by atoms with Crippen molar-refractivity contribution in [1.29, 1.82) is 0 Å². The van der Waals surface area contributed by atoms with E-state index in [0.717, 1.165) is 11.4 Å². The fraction of sp³-hybridized carbons (Fsp3) is 0. The Morgan fingerprint density at radius 2 is 0.929 bits per heavy atom. The first kappa shape index (κ1) is 11.2. The number of hydrogen-bond acceptors (Lipinski definition) is 0. The van der Waals surface area contributed by atoms with Crippen molar-refractivity contribution < 1.29 is 26.2 Å². The second-order valence-electron chi connectivity index (χ2n) is 2.78. The van der Waals surface area contributed by atoms with E-state index in [1.165, 1.54) is 0 Å². The molecule has 0 fully saturated rings. The number of para-hydroxylation sites is 2. The maximum absolute atomic E-state index is 4.44. The molecule has 0 unspecified atom stereocenters. The second-order valence-corrected chi connectivity index (χ2v) is 2.78. The van der Waals surface area contributed by atoms with Gasteiger partial charge in [0, 0.05) is 26.2 Å². The molecule has 1 nitrogen and oxygen atoms in total. The molecule has 0 radical (unpaired) electrons. The van der Waals surface area contributed by atoms with E-state index in [0.29, 0.717) is 0 Å². The zero-order valence-corrected chi connectivity index (χ0v) is 10.2. The molecule has 0 saturated heterocycles. The minimum absolute atomic E-state index is 0. The van der Waals surface area contributed by atoms with Gasteiger partial charge in [-0.3, -0.25) is 0 Å². The zero-order chi connectivity index (χ0) is 8.93. The Morgan fingerprint density at radius 3 is 1.29 bits per heavy atom. The molecule has 0 amide bonds. The Hall–Kier alpha value is -0.877. The molecule has 2 aromatic carbocycles. The van der Waals surface area contributed by atoms with Crippen LogP contribution in [0.25, 0.3) is 5.32 Å². The summed E-state index contributed by atoms with van der Waals surface area (Å²) in [5, 5.41) is 4.44. The molecular formula is C12H10NZr-. The molecule has 0 aliphatic heterocycles. The summed E-state index contributed by atoms with van der Waals surface area (Å²) in [6, 6.07) is 19.9. The third-order valence-corrected chi connectivity index (χ3v) is 1.77. The molecule has 2 rings (SSSR count). The van der Waals surface area contributed by atoms with Gasteiger partial charge in [0.25, 0.3) is 0 Å². The van der Waals surface area contributed by atoms with Gasteiger partial charge in [0.2, 0.25) is 0 Å². The quantitative estimate of drug-likeness (QED) is 0.773. The summed E-state index contributed by atoms with van der Waals surface area (Å²) >= 11 is 0. The van der Waals surface area contributed by atoms with E-state index in [1.807, 2.05) is 60.7 Å². The van der Waals surface area contributed by atoms with E-state index >= 15 is 0 Å². The molecule has 68 valence electrons. The van der Waals surface area contributed by atoms with E-state index in [2.05, 4.69) is 5.32 Å². The van der Waals surface area contributed by atoms with E-state index in [1.54, 1.807) is 0 Å². The van der Waals surface area contributed by atoms with E-state index in [-0.39, 0.29) is 26.2 Å². The zero-order valence-electron chi connectivity index (χ0n) is 7.72. The Morgan fingerprint density at radius 1 is 0.571 bits per heavy atom. The van der Waals surface area contributed by atoms with Gasteiger partial charge < -0.3 is 5.32 Å². The normalized spacial score (nSPS) is 8.86. The topological polar surface area (TPSA) is 14.1 Å². The largest absolute Gasteiger partial charge is 0.658 e. The summed E-state index contributed by atoms with van der Waals surface area (Å²) in [5.41, 5.74) is 1.99. The summed E-state index contributed by atoms with van der Waals surface area (Å²) in [5.74, 6) is 0. The molecule has 0 heterocycles. The Labute approximate surface area is 103 Å². The first-order chi connectivity index (χ1) is 6.45. The van der Waals surface area contributed by atoms with Crippen molar-refractivity contribution in [2.45, 2.75) is 0 Å². The first-order valence-corrected chi connectivity index (χ1v) is 4.27. The second kappa shape index (κ2) is 5.77.